The van der Waals surface area contributed by atoms with Crippen LogP contribution in [0.25, 0.3) is 10.9 Å². The van der Waals surface area contributed by atoms with Crippen LogP contribution in [0.4, 0.5) is 0 Å². The van der Waals surface area contributed by atoms with Gasteiger partial charge in [0.25, 0.3) is 5.91 Å². The minimum Gasteiger partial charge on any atom is -0.463 e. The molecule has 1 aliphatic heterocycles. The second-order valence-electron chi connectivity index (χ2n) is 7.72. The summed E-state index contributed by atoms with van der Waals surface area (Å²) in [5.74, 6) is 0.533. The number of hydrazone groups is 1. The largest absolute Gasteiger partial charge is 0.463 e. The molecule has 2 aliphatic rings. The summed E-state index contributed by atoms with van der Waals surface area (Å²) in [7, 11) is 0. The third-order valence-corrected chi connectivity index (χ3v) is 5.91. The topological polar surface area (TPSA) is 62.8 Å². The van der Waals surface area contributed by atoms with Gasteiger partial charge in [-0.1, -0.05) is 11.6 Å². The maximum absolute atomic E-state index is 12.4. The number of benzene rings is 1. The molecule has 0 radical (unpaired) electrons. The molecule has 6 heteroatoms. The van der Waals surface area contributed by atoms with Crippen LogP contribution < -0.4 is 5.43 Å². The minimum absolute atomic E-state index is 0.0877. The van der Waals surface area contributed by atoms with Gasteiger partial charge in [0.2, 0.25) is 0 Å². The van der Waals surface area contributed by atoms with Gasteiger partial charge in [0.15, 0.2) is 0 Å². The Morgan fingerprint density at radius 3 is 3.14 bits per heavy atom. The summed E-state index contributed by atoms with van der Waals surface area (Å²) in [4.78, 5) is 14.7. The first-order chi connectivity index (χ1) is 13.7. The number of carbonyl (C=O) groups excluding carboxylic acids is 1. The summed E-state index contributed by atoms with van der Waals surface area (Å²) in [6, 6.07) is 10.7. The van der Waals surface area contributed by atoms with Crippen molar-refractivity contribution in [2.45, 2.75) is 38.8 Å². The molecule has 3 aromatic rings. The van der Waals surface area contributed by atoms with Crippen LogP contribution in [0.15, 0.2) is 46.1 Å². The Morgan fingerprint density at radius 1 is 1.36 bits per heavy atom. The number of aromatic nitrogens is 1. The third-order valence-electron chi connectivity index (χ3n) is 5.91. The summed E-state index contributed by atoms with van der Waals surface area (Å²) in [6.45, 7) is 4.32. The second-order valence-corrected chi connectivity index (χ2v) is 7.72. The zero-order chi connectivity index (χ0) is 19.1. The normalized spacial score (nSPS) is 19.2. The Labute approximate surface area is 163 Å². The van der Waals surface area contributed by atoms with E-state index in [9.17, 15) is 4.79 Å². The average Bonchev–Trinajstić information content (AvgIpc) is 3.31. The Bertz CT molecular complexity index is 1050. The Morgan fingerprint density at radius 2 is 2.29 bits per heavy atom. The lowest BCUT2D eigenvalue weighted by atomic mass is 9.89. The van der Waals surface area contributed by atoms with Gasteiger partial charge in [-0.05, 0) is 56.0 Å². The standard InChI is InChI=1S/C22H24N4O2/c1-15-7-8-19-18(12-15)17-5-2-6-20-22(17)26(19)10-9-25(20)14-21(27)24-23-13-16-4-3-11-28-16/h3-4,7-8,11-13,20H,2,5-6,9-10,14H2,1H3,(H,24,27)/b23-13-/t20-/m1/s1. The monoisotopic (exact) mass is 376 g/mol. The number of furan rings is 1. The Balaban J connectivity index is 1.36. The smallest absolute Gasteiger partial charge is 0.254 e. The van der Waals surface area contributed by atoms with Crippen LogP contribution in [0.1, 0.15) is 41.5 Å². The van der Waals surface area contributed by atoms with Gasteiger partial charge in [-0.25, -0.2) is 5.43 Å². The van der Waals surface area contributed by atoms with E-state index in [4.69, 9.17) is 4.42 Å². The lowest BCUT2D eigenvalue weighted by Gasteiger charge is -2.39. The molecule has 1 amide bonds. The highest BCUT2D eigenvalue weighted by atomic mass is 16.3. The zero-order valence-corrected chi connectivity index (χ0v) is 16.0. The Kier molecular flexibility index (Phi) is 4.28. The Hall–Kier alpha value is -2.86. The first-order valence-corrected chi connectivity index (χ1v) is 9.92. The molecule has 3 heterocycles. The fourth-order valence-corrected chi connectivity index (χ4v) is 4.73. The van der Waals surface area contributed by atoms with Crippen LogP contribution in [0, 0.1) is 6.92 Å². The predicted molar refractivity (Wildman–Crippen MR) is 108 cm³/mol. The number of fused-ring (bicyclic) bond motifs is 3. The van der Waals surface area contributed by atoms with Crippen molar-refractivity contribution >= 4 is 23.0 Å². The zero-order valence-electron chi connectivity index (χ0n) is 16.0. The number of carbonyl (C=O) groups is 1. The van der Waals surface area contributed by atoms with E-state index >= 15 is 0 Å². The minimum atomic E-state index is -0.0877. The van der Waals surface area contributed by atoms with Crippen molar-refractivity contribution < 1.29 is 9.21 Å². The highest BCUT2D eigenvalue weighted by Crippen LogP contribution is 2.42. The van der Waals surface area contributed by atoms with E-state index in [2.05, 4.69) is 45.1 Å². The van der Waals surface area contributed by atoms with Gasteiger partial charge in [0.1, 0.15) is 5.76 Å². The molecule has 0 unspecified atom stereocenters. The molecule has 6 nitrogen and oxygen atoms in total. The highest BCUT2D eigenvalue weighted by Gasteiger charge is 2.35. The molecular weight excluding hydrogens is 352 g/mol. The second kappa shape index (κ2) is 6.95. The number of rotatable bonds is 4. The molecule has 0 saturated heterocycles. The summed E-state index contributed by atoms with van der Waals surface area (Å²) in [5.41, 5.74) is 8.18. The quantitative estimate of drug-likeness (QED) is 0.561. The molecule has 5 rings (SSSR count). The van der Waals surface area contributed by atoms with E-state index in [0.717, 1.165) is 25.9 Å². The number of aryl methyl sites for hydroxylation is 2. The number of hydrogen-bond donors (Lipinski definition) is 1. The molecule has 1 atom stereocenters. The molecule has 1 N–H and O–H groups in total. The number of hydrogen-bond acceptors (Lipinski definition) is 4. The van der Waals surface area contributed by atoms with E-state index in [0.29, 0.717) is 18.3 Å². The number of amides is 1. The predicted octanol–water partition coefficient (Wildman–Crippen LogP) is 3.39. The van der Waals surface area contributed by atoms with Gasteiger partial charge in [-0.3, -0.25) is 9.69 Å². The summed E-state index contributed by atoms with van der Waals surface area (Å²) in [5, 5.41) is 5.40. The molecule has 144 valence electrons. The maximum Gasteiger partial charge on any atom is 0.254 e. The van der Waals surface area contributed by atoms with Crippen LogP contribution in [-0.4, -0.2) is 34.7 Å². The molecule has 0 fully saturated rings. The highest BCUT2D eigenvalue weighted by molar-refractivity contribution is 5.87. The first kappa shape index (κ1) is 17.3. The third kappa shape index (κ3) is 2.94. The maximum atomic E-state index is 12.4. The molecule has 1 aliphatic carbocycles. The lowest BCUT2D eigenvalue weighted by Crippen LogP contribution is -2.44. The van der Waals surface area contributed by atoms with Gasteiger partial charge in [0.05, 0.1) is 25.1 Å². The molecular formula is C22H24N4O2. The van der Waals surface area contributed by atoms with E-state index in [1.54, 1.807) is 18.4 Å². The molecule has 0 bridgehead atoms. The van der Waals surface area contributed by atoms with Crippen LogP contribution in [0.2, 0.25) is 0 Å². The van der Waals surface area contributed by atoms with Crippen molar-refractivity contribution in [2.24, 2.45) is 5.10 Å². The molecule has 1 aromatic carbocycles. The van der Waals surface area contributed by atoms with Crippen LogP contribution in [0.3, 0.4) is 0 Å². The van der Waals surface area contributed by atoms with Gasteiger partial charge >= 0.3 is 0 Å². The fraction of sp³-hybridized carbons (Fsp3) is 0.364. The SMILES string of the molecule is Cc1ccc2c(c1)c1c3n2CCN(CC(=O)N/N=C\c2ccco2)[C@@H]3CCC1. The first-order valence-electron chi connectivity index (χ1n) is 9.92. The van der Waals surface area contributed by atoms with E-state index in [1.165, 1.54) is 40.4 Å². The van der Waals surface area contributed by atoms with Crippen molar-refractivity contribution in [1.82, 2.24) is 14.9 Å². The fourth-order valence-electron chi connectivity index (χ4n) is 4.73. The van der Waals surface area contributed by atoms with E-state index in [-0.39, 0.29) is 5.91 Å². The van der Waals surface area contributed by atoms with Crippen LogP contribution in [-0.2, 0) is 17.8 Å². The van der Waals surface area contributed by atoms with Crippen molar-refractivity contribution in [3.63, 3.8) is 0 Å². The molecule has 0 saturated carbocycles. The van der Waals surface area contributed by atoms with Crippen molar-refractivity contribution in [3.8, 4) is 0 Å². The lowest BCUT2D eigenvalue weighted by molar-refractivity contribution is -0.123. The van der Waals surface area contributed by atoms with Gasteiger partial charge in [0, 0.05) is 29.7 Å². The van der Waals surface area contributed by atoms with Crippen molar-refractivity contribution in [3.05, 3.63) is 59.2 Å². The average molecular weight is 376 g/mol. The number of nitrogens with one attached hydrogen (secondary N) is 1. The summed E-state index contributed by atoms with van der Waals surface area (Å²) in [6.07, 6.45) is 6.50. The van der Waals surface area contributed by atoms with Crippen LogP contribution >= 0.6 is 0 Å². The van der Waals surface area contributed by atoms with Gasteiger partial charge in [-0.15, -0.1) is 0 Å². The summed E-state index contributed by atoms with van der Waals surface area (Å²) < 4.78 is 7.67. The molecule has 0 spiro atoms. The van der Waals surface area contributed by atoms with Crippen molar-refractivity contribution in [2.75, 3.05) is 13.1 Å². The van der Waals surface area contributed by atoms with E-state index < -0.39 is 0 Å². The molecule has 2 aromatic heterocycles. The van der Waals surface area contributed by atoms with Gasteiger partial charge < -0.3 is 8.98 Å². The van der Waals surface area contributed by atoms with Gasteiger partial charge in [-0.2, -0.15) is 5.10 Å². The van der Waals surface area contributed by atoms with Crippen LogP contribution in [0.5, 0.6) is 0 Å². The molecule has 28 heavy (non-hydrogen) atoms. The number of nitrogens with zero attached hydrogens (tertiary/aromatic N) is 3. The van der Waals surface area contributed by atoms with E-state index in [1.807, 2.05) is 0 Å². The summed E-state index contributed by atoms with van der Waals surface area (Å²) >= 11 is 0. The van der Waals surface area contributed by atoms with Crippen molar-refractivity contribution in [1.29, 1.82) is 0 Å².